The summed E-state index contributed by atoms with van der Waals surface area (Å²) in [4.78, 5) is 12.7. The molecule has 2 nitrogen and oxygen atoms in total. The molecule has 1 fully saturated rings. The van der Waals surface area contributed by atoms with E-state index in [-0.39, 0.29) is 5.97 Å². The smallest absolute Gasteiger partial charge is 0.317 e. The van der Waals surface area contributed by atoms with Gasteiger partial charge in [0.05, 0.1) is 5.41 Å². The fourth-order valence-electron chi connectivity index (χ4n) is 2.90. The first-order valence-electron chi connectivity index (χ1n) is 7.23. The van der Waals surface area contributed by atoms with Crippen molar-refractivity contribution in [2.24, 2.45) is 0 Å². The summed E-state index contributed by atoms with van der Waals surface area (Å²) in [5, 5.41) is 0. The first kappa shape index (κ1) is 14.1. The predicted molar refractivity (Wildman–Crippen MR) is 77.1 cm³/mol. The molecule has 104 valence electrons. The largest absolute Gasteiger partial charge is 0.459 e. The Kier molecular flexibility index (Phi) is 3.98. The van der Waals surface area contributed by atoms with Crippen molar-refractivity contribution < 1.29 is 9.53 Å². The van der Waals surface area contributed by atoms with Crippen molar-refractivity contribution in [1.29, 1.82) is 0 Å². The molecule has 0 spiro atoms. The van der Waals surface area contributed by atoms with Crippen molar-refractivity contribution in [2.45, 2.75) is 63.9 Å². The maximum absolute atomic E-state index is 12.7. The molecule has 1 aromatic rings. The van der Waals surface area contributed by atoms with Crippen molar-refractivity contribution in [3.05, 3.63) is 35.9 Å². The standard InChI is InChI=1S/C17H24O2/c1-16(2,3)19-15(18)17(12-8-5-9-13-17)14-10-6-4-7-11-14/h4,6-7,10-11H,5,8-9,12-13H2,1-3H3. The van der Waals surface area contributed by atoms with Crippen molar-refractivity contribution in [2.75, 3.05) is 0 Å². The van der Waals surface area contributed by atoms with Gasteiger partial charge < -0.3 is 4.74 Å². The lowest BCUT2D eigenvalue weighted by atomic mass is 9.69. The van der Waals surface area contributed by atoms with Gasteiger partial charge in [0.25, 0.3) is 0 Å². The molecule has 0 amide bonds. The third-order valence-electron chi connectivity index (χ3n) is 3.82. The summed E-state index contributed by atoms with van der Waals surface area (Å²) in [6, 6.07) is 10.1. The van der Waals surface area contributed by atoms with Gasteiger partial charge in [-0.1, -0.05) is 49.6 Å². The van der Waals surface area contributed by atoms with E-state index in [0.717, 1.165) is 31.2 Å². The van der Waals surface area contributed by atoms with Gasteiger partial charge >= 0.3 is 5.97 Å². The molecule has 0 N–H and O–H groups in total. The molecule has 1 aliphatic rings. The van der Waals surface area contributed by atoms with E-state index in [1.807, 2.05) is 39.0 Å². The molecule has 2 rings (SSSR count). The van der Waals surface area contributed by atoms with Crippen LogP contribution in [0, 0.1) is 0 Å². The maximum atomic E-state index is 12.7. The molecule has 0 aromatic heterocycles. The molecule has 1 saturated carbocycles. The van der Waals surface area contributed by atoms with Gasteiger partial charge in [0.2, 0.25) is 0 Å². The van der Waals surface area contributed by atoms with Gasteiger partial charge in [-0.15, -0.1) is 0 Å². The zero-order chi connectivity index (χ0) is 13.9. The molecule has 1 aromatic carbocycles. The highest BCUT2D eigenvalue weighted by Gasteiger charge is 2.43. The van der Waals surface area contributed by atoms with Gasteiger partial charge in [-0.3, -0.25) is 4.79 Å². The molecule has 0 atom stereocenters. The summed E-state index contributed by atoms with van der Waals surface area (Å²) in [6.45, 7) is 5.81. The minimum Gasteiger partial charge on any atom is -0.459 e. The fourth-order valence-corrected chi connectivity index (χ4v) is 2.90. The average Bonchev–Trinajstić information content (AvgIpc) is 2.38. The zero-order valence-corrected chi connectivity index (χ0v) is 12.2. The van der Waals surface area contributed by atoms with Gasteiger partial charge in [0.1, 0.15) is 5.60 Å². The Bertz CT molecular complexity index is 422. The van der Waals surface area contributed by atoms with Gasteiger partial charge in [0.15, 0.2) is 0 Å². The van der Waals surface area contributed by atoms with Crippen molar-refractivity contribution in [1.82, 2.24) is 0 Å². The Labute approximate surface area is 116 Å². The van der Waals surface area contributed by atoms with Crippen LogP contribution in [-0.2, 0) is 14.9 Å². The Morgan fingerprint density at radius 2 is 1.63 bits per heavy atom. The quantitative estimate of drug-likeness (QED) is 0.744. The summed E-state index contributed by atoms with van der Waals surface area (Å²) in [5.74, 6) is -0.0501. The number of rotatable bonds is 2. The van der Waals surface area contributed by atoms with E-state index in [1.54, 1.807) is 0 Å². The van der Waals surface area contributed by atoms with Crippen LogP contribution in [0.1, 0.15) is 58.4 Å². The average molecular weight is 260 g/mol. The van der Waals surface area contributed by atoms with Crippen molar-refractivity contribution >= 4 is 5.97 Å². The molecule has 0 radical (unpaired) electrons. The highest BCUT2D eigenvalue weighted by atomic mass is 16.6. The van der Waals surface area contributed by atoms with Crippen molar-refractivity contribution in [3.8, 4) is 0 Å². The van der Waals surface area contributed by atoms with Crippen LogP contribution in [0.2, 0.25) is 0 Å². The Morgan fingerprint density at radius 1 is 1.05 bits per heavy atom. The van der Waals surface area contributed by atoms with Crippen LogP contribution in [0.3, 0.4) is 0 Å². The first-order chi connectivity index (χ1) is 8.94. The van der Waals surface area contributed by atoms with Crippen LogP contribution in [0.5, 0.6) is 0 Å². The molecule has 2 heteroatoms. The Morgan fingerprint density at radius 3 is 2.16 bits per heavy atom. The van der Waals surface area contributed by atoms with E-state index >= 15 is 0 Å². The molecule has 1 aliphatic carbocycles. The SMILES string of the molecule is CC(C)(C)OC(=O)C1(c2ccccc2)CCCCC1. The van der Waals surface area contributed by atoms with E-state index in [1.165, 1.54) is 6.42 Å². The molecular formula is C17H24O2. The minimum absolute atomic E-state index is 0.0501. The fraction of sp³-hybridized carbons (Fsp3) is 0.588. The van der Waals surface area contributed by atoms with Gasteiger partial charge in [-0.05, 0) is 39.2 Å². The highest BCUT2D eigenvalue weighted by Crippen LogP contribution is 2.41. The van der Waals surface area contributed by atoms with E-state index < -0.39 is 11.0 Å². The van der Waals surface area contributed by atoms with Crippen LogP contribution in [0.25, 0.3) is 0 Å². The van der Waals surface area contributed by atoms with E-state index in [9.17, 15) is 4.79 Å². The summed E-state index contributed by atoms with van der Waals surface area (Å²) in [6.07, 6.45) is 5.25. The van der Waals surface area contributed by atoms with E-state index in [4.69, 9.17) is 4.74 Å². The normalized spacial score (nSPS) is 18.9. The third-order valence-corrected chi connectivity index (χ3v) is 3.82. The number of hydrogen-bond donors (Lipinski definition) is 0. The van der Waals surface area contributed by atoms with Crippen LogP contribution in [0.15, 0.2) is 30.3 Å². The number of esters is 1. The summed E-state index contributed by atoms with van der Waals surface area (Å²) < 4.78 is 5.70. The molecule has 0 aliphatic heterocycles. The summed E-state index contributed by atoms with van der Waals surface area (Å²) in [5.41, 5.74) is 0.271. The lowest BCUT2D eigenvalue weighted by Gasteiger charge is -2.37. The molecule has 0 bridgehead atoms. The van der Waals surface area contributed by atoms with Crippen molar-refractivity contribution in [3.63, 3.8) is 0 Å². The van der Waals surface area contributed by atoms with Crippen LogP contribution < -0.4 is 0 Å². The monoisotopic (exact) mass is 260 g/mol. The lowest BCUT2D eigenvalue weighted by Crippen LogP contribution is -2.42. The van der Waals surface area contributed by atoms with Crippen LogP contribution in [-0.4, -0.2) is 11.6 Å². The minimum atomic E-state index is -0.424. The number of hydrogen-bond acceptors (Lipinski definition) is 2. The first-order valence-corrected chi connectivity index (χ1v) is 7.23. The molecule has 19 heavy (non-hydrogen) atoms. The molecular weight excluding hydrogens is 236 g/mol. The van der Waals surface area contributed by atoms with E-state index in [0.29, 0.717) is 0 Å². The summed E-state index contributed by atoms with van der Waals surface area (Å²) in [7, 11) is 0. The van der Waals surface area contributed by atoms with Gasteiger partial charge in [-0.2, -0.15) is 0 Å². The summed E-state index contributed by atoms with van der Waals surface area (Å²) >= 11 is 0. The number of ether oxygens (including phenoxy) is 1. The molecule has 0 heterocycles. The second-order valence-corrected chi connectivity index (χ2v) is 6.51. The highest BCUT2D eigenvalue weighted by molar-refractivity contribution is 5.83. The molecule has 0 saturated heterocycles. The zero-order valence-electron chi connectivity index (χ0n) is 12.2. The second kappa shape index (κ2) is 5.36. The van der Waals surface area contributed by atoms with Gasteiger partial charge in [0, 0.05) is 0 Å². The predicted octanol–water partition coefficient (Wildman–Crippen LogP) is 4.23. The molecule has 0 unspecified atom stereocenters. The number of carbonyl (C=O) groups excluding carboxylic acids is 1. The second-order valence-electron chi connectivity index (χ2n) is 6.51. The Hall–Kier alpha value is -1.31. The maximum Gasteiger partial charge on any atom is 0.317 e. The lowest BCUT2D eigenvalue weighted by molar-refractivity contribution is -0.163. The van der Waals surface area contributed by atoms with Gasteiger partial charge in [-0.25, -0.2) is 0 Å². The number of carbonyl (C=O) groups is 1. The number of benzene rings is 1. The Balaban J connectivity index is 2.32. The topological polar surface area (TPSA) is 26.3 Å². The van der Waals surface area contributed by atoms with Crippen LogP contribution in [0.4, 0.5) is 0 Å². The van der Waals surface area contributed by atoms with E-state index in [2.05, 4.69) is 12.1 Å². The van der Waals surface area contributed by atoms with Crippen LogP contribution >= 0.6 is 0 Å². The third kappa shape index (κ3) is 3.17.